The topological polar surface area (TPSA) is 50.4 Å². The molecule has 1 N–H and O–H groups in total. The molecule has 0 bridgehead atoms. The summed E-state index contributed by atoms with van der Waals surface area (Å²) >= 11 is 5.83. The van der Waals surface area contributed by atoms with Gasteiger partial charge in [-0.2, -0.15) is 4.98 Å². The quantitative estimate of drug-likeness (QED) is 0.717. The molecule has 0 spiro atoms. The Kier molecular flexibility index (Phi) is 2.23. The summed E-state index contributed by atoms with van der Waals surface area (Å²) in [6.45, 7) is 0. The molecule has 84 valence electrons. The predicted octanol–water partition coefficient (Wildman–Crippen LogP) is 2.76. The van der Waals surface area contributed by atoms with E-state index in [1.807, 2.05) is 12.1 Å². The first-order valence-electron chi connectivity index (χ1n) is 5.04. The first-order chi connectivity index (χ1) is 8.25. The van der Waals surface area contributed by atoms with Crippen molar-refractivity contribution >= 4 is 17.4 Å². The highest BCUT2D eigenvalue weighted by Crippen LogP contribution is 2.29. The minimum absolute atomic E-state index is 0.0361. The number of nitrogens with zero attached hydrogens (tertiary/aromatic N) is 3. The molecule has 0 aliphatic rings. The van der Waals surface area contributed by atoms with E-state index in [1.165, 1.54) is 0 Å². The normalized spacial score (nSPS) is 10.9. The van der Waals surface area contributed by atoms with Gasteiger partial charge in [0.2, 0.25) is 11.7 Å². The van der Waals surface area contributed by atoms with Gasteiger partial charge in [-0.05, 0) is 18.2 Å². The number of rotatable bonds is 1. The maximum Gasteiger partial charge on any atom is 0.239 e. The molecule has 1 aromatic carbocycles. The van der Waals surface area contributed by atoms with Gasteiger partial charge in [-0.3, -0.25) is 4.40 Å². The van der Waals surface area contributed by atoms with E-state index in [0.717, 1.165) is 5.56 Å². The van der Waals surface area contributed by atoms with Crippen LogP contribution in [0, 0.1) is 0 Å². The Morgan fingerprint density at radius 2 is 1.94 bits per heavy atom. The lowest BCUT2D eigenvalue weighted by Crippen LogP contribution is -1.89. The van der Waals surface area contributed by atoms with E-state index in [9.17, 15) is 5.11 Å². The van der Waals surface area contributed by atoms with Crippen molar-refractivity contribution in [2.24, 2.45) is 0 Å². The predicted molar refractivity (Wildman–Crippen MR) is 65.1 cm³/mol. The van der Waals surface area contributed by atoms with Gasteiger partial charge in [0.25, 0.3) is 0 Å². The number of aromatic nitrogens is 3. The molecule has 0 radical (unpaired) electrons. The summed E-state index contributed by atoms with van der Waals surface area (Å²) in [5.41, 5.74) is 1.46. The number of halogens is 1. The highest BCUT2D eigenvalue weighted by molar-refractivity contribution is 6.30. The third-order valence-corrected chi connectivity index (χ3v) is 2.75. The molecule has 0 amide bonds. The first kappa shape index (κ1) is 10.1. The van der Waals surface area contributed by atoms with Crippen molar-refractivity contribution in [3.05, 3.63) is 47.7 Å². The largest absolute Gasteiger partial charge is 0.492 e. The lowest BCUT2D eigenvalue weighted by atomic mass is 10.1. The number of benzene rings is 1. The smallest absolute Gasteiger partial charge is 0.239 e. The summed E-state index contributed by atoms with van der Waals surface area (Å²) < 4.78 is 1.73. The standard InChI is InChI=1S/C12H8ClN3O/c13-9-4-2-8(3-5-9)10-11(17)15-12-14-6-1-7-16(10)12/h1-7,17H. The van der Waals surface area contributed by atoms with Crippen molar-refractivity contribution in [2.75, 3.05) is 0 Å². The van der Waals surface area contributed by atoms with Gasteiger partial charge in [-0.1, -0.05) is 23.7 Å². The first-order valence-corrected chi connectivity index (χ1v) is 5.41. The molecule has 3 rings (SSSR count). The van der Waals surface area contributed by atoms with E-state index in [2.05, 4.69) is 9.97 Å². The zero-order valence-corrected chi connectivity index (χ0v) is 9.46. The highest BCUT2D eigenvalue weighted by Gasteiger charge is 2.13. The SMILES string of the molecule is Oc1nc2ncccn2c1-c1ccc(Cl)cc1. The molecule has 0 atom stereocenters. The lowest BCUT2D eigenvalue weighted by Gasteiger charge is -2.01. The van der Waals surface area contributed by atoms with E-state index < -0.39 is 0 Å². The van der Waals surface area contributed by atoms with Crippen molar-refractivity contribution in [1.82, 2.24) is 14.4 Å². The van der Waals surface area contributed by atoms with Gasteiger partial charge in [0.05, 0.1) is 0 Å². The Hall–Kier alpha value is -2.07. The van der Waals surface area contributed by atoms with Gasteiger partial charge in [-0.25, -0.2) is 4.98 Å². The van der Waals surface area contributed by atoms with Crippen LogP contribution in [0.25, 0.3) is 17.0 Å². The molecule has 2 heterocycles. The van der Waals surface area contributed by atoms with Crippen LogP contribution in [0.4, 0.5) is 0 Å². The number of hydrogen-bond acceptors (Lipinski definition) is 3. The van der Waals surface area contributed by atoms with Crippen LogP contribution < -0.4 is 0 Å². The van der Waals surface area contributed by atoms with Gasteiger partial charge >= 0.3 is 0 Å². The van der Waals surface area contributed by atoms with Gasteiger partial charge in [0.15, 0.2) is 0 Å². The van der Waals surface area contributed by atoms with Crippen molar-refractivity contribution in [2.45, 2.75) is 0 Å². The van der Waals surface area contributed by atoms with Crippen LogP contribution in [0.1, 0.15) is 0 Å². The van der Waals surface area contributed by atoms with Crippen LogP contribution in [0.3, 0.4) is 0 Å². The highest BCUT2D eigenvalue weighted by atomic mass is 35.5. The van der Waals surface area contributed by atoms with Crippen molar-refractivity contribution in [3.8, 4) is 17.1 Å². The van der Waals surface area contributed by atoms with E-state index >= 15 is 0 Å². The number of hydrogen-bond donors (Lipinski definition) is 1. The van der Waals surface area contributed by atoms with Crippen molar-refractivity contribution < 1.29 is 5.11 Å². The lowest BCUT2D eigenvalue weighted by molar-refractivity contribution is 0.459. The summed E-state index contributed by atoms with van der Waals surface area (Å²) in [6, 6.07) is 8.99. The number of aromatic hydroxyl groups is 1. The van der Waals surface area contributed by atoms with Crippen molar-refractivity contribution in [1.29, 1.82) is 0 Å². The maximum atomic E-state index is 9.85. The molecule has 0 fully saturated rings. The second-order valence-corrected chi connectivity index (χ2v) is 4.02. The van der Waals surface area contributed by atoms with Gasteiger partial charge < -0.3 is 5.11 Å². The van der Waals surface area contributed by atoms with Gasteiger partial charge in [0.1, 0.15) is 5.69 Å². The number of imidazole rings is 1. The molecular formula is C12H8ClN3O. The molecule has 0 saturated carbocycles. The summed E-state index contributed by atoms with van der Waals surface area (Å²) in [6.07, 6.45) is 3.44. The zero-order chi connectivity index (χ0) is 11.8. The monoisotopic (exact) mass is 245 g/mol. The Bertz CT molecular complexity index is 676. The summed E-state index contributed by atoms with van der Waals surface area (Å²) in [5.74, 6) is 0.431. The van der Waals surface area contributed by atoms with Crippen LogP contribution in [0.15, 0.2) is 42.7 Å². The Labute approximate surface area is 102 Å². The number of fused-ring (bicyclic) bond motifs is 1. The molecule has 0 saturated heterocycles. The fourth-order valence-corrected chi connectivity index (χ4v) is 1.88. The van der Waals surface area contributed by atoms with Crippen LogP contribution >= 0.6 is 11.6 Å². The minimum atomic E-state index is -0.0361. The fraction of sp³-hybridized carbons (Fsp3) is 0. The van der Waals surface area contributed by atoms with Gasteiger partial charge in [-0.15, -0.1) is 0 Å². The molecule has 0 aliphatic carbocycles. The molecular weight excluding hydrogens is 238 g/mol. The summed E-state index contributed by atoms with van der Waals surface area (Å²) in [4.78, 5) is 8.06. The zero-order valence-electron chi connectivity index (χ0n) is 8.71. The third kappa shape index (κ3) is 1.62. The van der Waals surface area contributed by atoms with E-state index in [1.54, 1.807) is 35.0 Å². The molecule has 5 heteroatoms. The second-order valence-electron chi connectivity index (χ2n) is 3.58. The van der Waals surface area contributed by atoms with Crippen LogP contribution in [-0.2, 0) is 0 Å². The van der Waals surface area contributed by atoms with Crippen molar-refractivity contribution in [3.63, 3.8) is 0 Å². The maximum absolute atomic E-state index is 9.85. The van der Waals surface area contributed by atoms with Crippen LogP contribution in [-0.4, -0.2) is 19.5 Å². The van der Waals surface area contributed by atoms with Crippen LogP contribution in [0.5, 0.6) is 5.88 Å². The summed E-state index contributed by atoms with van der Waals surface area (Å²) in [5, 5.41) is 10.5. The summed E-state index contributed by atoms with van der Waals surface area (Å²) in [7, 11) is 0. The fourth-order valence-electron chi connectivity index (χ4n) is 1.75. The molecule has 0 unspecified atom stereocenters. The minimum Gasteiger partial charge on any atom is -0.492 e. The third-order valence-electron chi connectivity index (χ3n) is 2.50. The van der Waals surface area contributed by atoms with E-state index in [0.29, 0.717) is 16.5 Å². The Morgan fingerprint density at radius 3 is 2.71 bits per heavy atom. The second kappa shape index (κ2) is 3.75. The molecule has 17 heavy (non-hydrogen) atoms. The molecule has 0 aliphatic heterocycles. The van der Waals surface area contributed by atoms with E-state index in [4.69, 9.17) is 11.6 Å². The van der Waals surface area contributed by atoms with Gasteiger partial charge in [0, 0.05) is 23.0 Å². The molecule has 4 nitrogen and oxygen atoms in total. The molecule has 3 aromatic rings. The van der Waals surface area contributed by atoms with E-state index in [-0.39, 0.29) is 5.88 Å². The Balaban J connectivity index is 2.29. The van der Waals surface area contributed by atoms with Crippen LogP contribution in [0.2, 0.25) is 5.02 Å². The average molecular weight is 246 g/mol. The average Bonchev–Trinajstić information content (AvgIpc) is 2.66. The molecule has 2 aromatic heterocycles. The Morgan fingerprint density at radius 1 is 1.18 bits per heavy atom.